The Labute approximate surface area is 114 Å². The summed E-state index contributed by atoms with van der Waals surface area (Å²) in [4.78, 5) is 4.92. The number of nitrogens with one attached hydrogen (secondary N) is 1. The number of aromatic nitrogens is 1. The molecule has 1 atom stereocenters. The summed E-state index contributed by atoms with van der Waals surface area (Å²) in [7, 11) is 0. The van der Waals surface area contributed by atoms with Gasteiger partial charge in [0, 0.05) is 11.3 Å². The molecule has 3 rings (SSSR count). The second kappa shape index (κ2) is 4.93. The predicted molar refractivity (Wildman–Crippen MR) is 77.1 cm³/mol. The standard InChI is InChI=1S/C15H24N2S/c1-15(2)7-5-11(6-8-15)14-17-13(10-18-14)12-4-3-9-16-12/h10-12,16H,3-9H2,1-2H3/t12-/m0/s1. The summed E-state index contributed by atoms with van der Waals surface area (Å²) < 4.78 is 0. The van der Waals surface area contributed by atoms with Crippen molar-refractivity contribution in [3.8, 4) is 0 Å². The molecule has 2 fully saturated rings. The third-order valence-electron chi connectivity index (χ3n) is 4.65. The lowest BCUT2D eigenvalue weighted by Crippen LogP contribution is -2.20. The summed E-state index contributed by atoms with van der Waals surface area (Å²) in [5.41, 5.74) is 1.86. The molecule has 0 radical (unpaired) electrons. The molecule has 0 bridgehead atoms. The summed E-state index contributed by atoms with van der Waals surface area (Å²) in [6, 6.07) is 0.537. The summed E-state index contributed by atoms with van der Waals surface area (Å²) in [6.45, 7) is 5.97. The van der Waals surface area contributed by atoms with Gasteiger partial charge in [-0.1, -0.05) is 13.8 Å². The number of nitrogens with zero attached hydrogens (tertiary/aromatic N) is 1. The molecule has 1 aliphatic heterocycles. The first-order valence-electron chi connectivity index (χ1n) is 7.33. The van der Waals surface area contributed by atoms with Crippen LogP contribution in [-0.2, 0) is 0 Å². The van der Waals surface area contributed by atoms with Crippen LogP contribution in [0, 0.1) is 5.41 Å². The van der Waals surface area contributed by atoms with Crippen molar-refractivity contribution in [2.75, 3.05) is 6.54 Å². The minimum absolute atomic E-state index is 0.537. The van der Waals surface area contributed by atoms with Crippen LogP contribution in [0.2, 0.25) is 0 Å². The Bertz CT molecular complexity index is 394. The molecule has 1 N–H and O–H groups in total. The van der Waals surface area contributed by atoms with Gasteiger partial charge < -0.3 is 5.32 Å². The van der Waals surface area contributed by atoms with Crippen LogP contribution < -0.4 is 5.32 Å². The summed E-state index contributed by atoms with van der Waals surface area (Å²) >= 11 is 1.89. The van der Waals surface area contributed by atoms with Gasteiger partial charge in [-0.15, -0.1) is 11.3 Å². The number of hydrogen-bond donors (Lipinski definition) is 1. The van der Waals surface area contributed by atoms with E-state index in [2.05, 4.69) is 24.5 Å². The van der Waals surface area contributed by atoms with Crippen molar-refractivity contribution in [2.24, 2.45) is 5.41 Å². The monoisotopic (exact) mass is 264 g/mol. The fraction of sp³-hybridized carbons (Fsp3) is 0.800. The first-order valence-corrected chi connectivity index (χ1v) is 8.21. The molecule has 18 heavy (non-hydrogen) atoms. The van der Waals surface area contributed by atoms with Gasteiger partial charge in [-0.2, -0.15) is 0 Å². The van der Waals surface area contributed by atoms with E-state index in [1.165, 1.54) is 49.2 Å². The van der Waals surface area contributed by atoms with E-state index in [1.54, 1.807) is 0 Å². The Morgan fingerprint density at radius 3 is 2.72 bits per heavy atom. The highest BCUT2D eigenvalue weighted by molar-refractivity contribution is 7.09. The maximum Gasteiger partial charge on any atom is 0.0959 e. The maximum atomic E-state index is 4.92. The van der Waals surface area contributed by atoms with Crippen LogP contribution in [0.5, 0.6) is 0 Å². The summed E-state index contributed by atoms with van der Waals surface area (Å²) in [5.74, 6) is 0.734. The van der Waals surface area contributed by atoms with Gasteiger partial charge in [0.2, 0.25) is 0 Å². The van der Waals surface area contributed by atoms with E-state index in [0.29, 0.717) is 11.5 Å². The largest absolute Gasteiger partial charge is 0.309 e. The Morgan fingerprint density at radius 1 is 1.28 bits per heavy atom. The average molecular weight is 264 g/mol. The minimum atomic E-state index is 0.537. The molecule has 2 heterocycles. The quantitative estimate of drug-likeness (QED) is 0.863. The van der Waals surface area contributed by atoms with E-state index >= 15 is 0 Å². The van der Waals surface area contributed by atoms with E-state index in [9.17, 15) is 0 Å². The fourth-order valence-electron chi connectivity index (χ4n) is 3.23. The van der Waals surface area contributed by atoms with Crippen LogP contribution in [0.25, 0.3) is 0 Å². The van der Waals surface area contributed by atoms with Gasteiger partial charge in [0.15, 0.2) is 0 Å². The Morgan fingerprint density at radius 2 is 2.06 bits per heavy atom. The van der Waals surface area contributed by atoms with Crippen molar-refractivity contribution in [1.82, 2.24) is 10.3 Å². The van der Waals surface area contributed by atoms with Gasteiger partial charge in [0.25, 0.3) is 0 Å². The topological polar surface area (TPSA) is 24.9 Å². The fourth-order valence-corrected chi connectivity index (χ4v) is 4.28. The third kappa shape index (κ3) is 2.62. The highest BCUT2D eigenvalue weighted by Crippen LogP contribution is 2.43. The van der Waals surface area contributed by atoms with E-state index in [1.807, 2.05) is 11.3 Å². The number of hydrogen-bond acceptors (Lipinski definition) is 3. The number of rotatable bonds is 2. The highest BCUT2D eigenvalue weighted by atomic mass is 32.1. The van der Waals surface area contributed by atoms with Crippen molar-refractivity contribution in [2.45, 2.75) is 64.3 Å². The third-order valence-corrected chi connectivity index (χ3v) is 5.67. The lowest BCUT2D eigenvalue weighted by molar-refractivity contribution is 0.224. The predicted octanol–water partition coefficient (Wildman–Crippen LogP) is 4.25. The molecule has 2 aliphatic rings. The molecule has 1 saturated heterocycles. The zero-order valence-corrected chi connectivity index (χ0v) is 12.4. The van der Waals surface area contributed by atoms with E-state index in [0.717, 1.165) is 12.5 Å². The molecule has 0 aromatic carbocycles. The molecule has 2 nitrogen and oxygen atoms in total. The molecule has 0 spiro atoms. The molecule has 100 valence electrons. The van der Waals surface area contributed by atoms with Gasteiger partial charge in [0.05, 0.1) is 16.7 Å². The Hall–Kier alpha value is -0.410. The van der Waals surface area contributed by atoms with Crippen LogP contribution in [0.3, 0.4) is 0 Å². The van der Waals surface area contributed by atoms with Crippen LogP contribution in [0.1, 0.15) is 75.0 Å². The molecule has 1 saturated carbocycles. The van der Waals surface area contributed by atoms with Crippen molar-refractivity contribution >= 4 is 11.3 Å². The summed E-state index contributed by atoms with van der Waals surface area (Å²) in [5, 5.41) is 7.23. The molecule has 1 aromatic heterocycles. The molecule has 1 aromatic rings. The normalized spacial score (nSPS) is 28.7. The van der Waals surface area contributed by atoms with Crippen LogP contribution in [-0.4, -0.2) is 11.5 Å². The Balaban J connectivity index is 1.66. The summed E-state index contributed by atoms with van der Waals surface area (Å²) in [6.07, 6.45) is 7.94. The van der Waals surface area contributed by atoms with Crippen LogP contribution in [0.4, 0.5) is 0 Å². The maximum absolute atomic E-state index is 4.92. The zero-order valence-electron chi connectivity index (χ0n) is 11.5. The number of thiazole rings is 1. The average Bonchev–Trinajstić information content (AvgIpc) is 2.99. The first-order chi connectivity index (χ1) is 8.64. The molecule has 1 aliphatic carbocycles. The molecular formula is C15H24N2S. The van der Waals surface area contributed by atoms with Gasteiger partial charge in [-0.25, -0.2) is 4.98 Å². The molecule has 0 amide bonds. The smallest absolute Gasteiger partial charge is 0.0959 e. The van der Waals surface area contributed by atoms with Gasteiger partial charge in [-0.05, 0) is 50.5 Å². The zero-order chi connectivity index (χ0) is 12.6. The first kappa shape index (κ1) is 12.6. The van der Waals surface area contributed by atoms with Crippen molar-refractivity contribution < 1.29 is 0 Å². The lowest BCUT2D eigenvalue weighted by Gasteiger charge is -2.33. The lowest BCUT2D eigenvalue weighted by atomic mass is 9.73. The van der Waals surface area contributed by atoms with E-state index in [4.69, 9.17) is 4.98 Å². The van der Waals surface area contributed by atoms with E-state index in [-0.39, 0.29) is 0 Å². The highest BCUT2D eigenvalue weighted by Gasteiger charge is 2.29. The second-order valence-electron chi connectivity index (χ2n) is 6.70. The van der Waals surface area contributed by atoms with Crippen molar-refractivity contribution in [3.63, 3.8) is 0 Å². The van der Waals surface area contributed by atoms with E-state index < -0.39 is 0 Å². The molecule has 3 heteroatoms. The minimum Gasteiger partial charge on any atom is -0.309 e. The van der Waals surface area contributed by atoms with Crippen molar-refractivity contribution in [3.05, 3.63) is 16.1 Å². The van der Waals surface area contributed by atoms with Crippen molar-refractivity contribution in [1.29, 1.82) is 0 Å². The van der Waals surface area contributed by atoms with Gasteiger partial charge in [0.1, 0.15) is 0 Å². The van der Waals surface area contributed by atoms with Gasteiger partial charge >= 0.3 is 0 Å². The molecule has 0 unspecified atom stereocenters. The van der Waals surface area contributed by atoms with Gasteiger partial charge in [-0.3, -0.25) is 0 Å². The van der Waals surface area contributed by atoms with Crippen LogP contribution >= 0.6 is 11.3 Å². The van der Waals surface area contributed by atoms with Crippen LogP contribution in [0.15, 0.2) is 5.38 Å². The SMILES string of the molecule is CC1(C)CCC(c2nc([C@@H]3CCCN3)cs2)CC1. The second-order valence-corrected chi connectivity index (χ2v) is 7.59. The molecular weight excluding hydrogens is 240 g/mol. The Kier molecular flexibility index (Phi) is 3.46.